The van der Waals surface area contributed by atoms with E-state index in [2.05, 4.69) is 27.8 Å². The lowest BCUT2D eigenvalue weighted by Crippen LogP contribution is -2.07. The van der Waals surface area contributed by atoms with Crippen molar-refractivity contribution in [2.24, 2.45) is 4.99 Å². The van der Waals surface area contributed by atoms with Crippen LogP contribution in [-0.4, -0.2) is 24.2 Å². The monoisotopic (exact) mass is 308 g/mol. The Morgan fingerprint density at radius 2 is 2.33 bits per heavy atom. The van der Waals surface area contributed by atoms with Crippen LogP contribution in [-0.2, 0) is 0 Å². The highest BCUT2D eigenvalue weighted by Crippen LogP contribution is 2.32. The quantitative estimate of drug-likeness (QED) is 0.685. The van der Waals surface area contributed by atoms with Crippen LogP contribution in [0.1, 0.15) is 18.9 Å². The SMILES string of the molecule is CC1CC(c2cc(N)ccc2OCCBr)=CC=N1. The number of benzene rings is 1. The molecule has 3 nitrogen and oxygen atoms in total. The van der Waals surface area contributed by atoms with Crippen molar-refractivity contribution < 1.29 is 4.74 Å². The Hall–Kier alpha value is -1.29. The molecule has 1 atom stereocenters. The molecule has 0 saturated heterocycles. The predicted octanol–water partition coefficient (Wildman–Crippen LogP) is 3.29. The van der Waals surface area contributed by atoms with Crippen LogP contribution in [0.25, 0.3) is 5.57 Å². The Kier molecular flexibility index (Phi) is 4.42. The van der Waals surface area contributed by atoms with Crippen molar-refractivity contribution >= 4 is 33.4 Å². The van der Waals surface area contributed by atoms with Crippen LogP contribution in [0.2, 0.25) is 0 Å². The van der Waals surface area contributed by atoms with E-state index in [1.807, 2.05) is 30.5 Å². The number of hydrogen-bond acceptors (Lipinski definition) is 3. The molecule has 0 fully saturated rings. The molecule has 96 valence electrons. The van der Waals surface area contributed by atoms with Gasteiger partial charge in [0.2, 0.25) is 0 Å². The minimum absolute atomic E-state index is 0.315. The molecular weight excluding hydrogens is 292 g/mol. The second-order valence-electron chi connectivity index (χ2n) is 4.34. The molecular formula is C14H17BrN2O. The van der Waals surface area contributed by atoms with Crippen LogP contribution in [0.4, 0.5) is 5.69 Å². The summed E-state index contributed by atoms with van der Waals surface area (Å²) in [6.45, 7) is 2.75. The van der Waals surface area contributed by atoms with E-state index >= 15 is 0 Å². The smallest absolute Gasteiger partial charge is 0.126 e. The van der Waals surface area contributed by atoms with Crippen molar-refractivity contribution in [2.45, 2.75) is 19.4 Å². The Morgan fingerprint density at radius 1 is 1.50 bits per heavy atom. The zero-order valence-electron chi connectivity index (χ0n) is 10.4. The Morgan fingerprint density at radius 3 is 3.06 bits per heavy atom. The van der Waals surface area contributed by atoms with Gasteiger partial charge in [0.1, 0.15) is 5.75 Å². The van der Waals surface area contributed by atoms with Crippen molar-refractivity contribution in [3.05, 3.63) is 29.8 Å². The summed E-state index contributed by atoms with van der Waals surface area (Å²) in [5.41, 5.74) is 8.94. The average Bonchev–Trinajstić information content (AvgIpc) is 2.37. The number of halogens is 1. The van der Waals surface area contributed by atoms with Gasteiger partial charge in [0.25, 0.3) is 0 Å². The molecule has 2 rings (SSSR count). The fraction of sp³-hybridized carbons (Fsp3) is 0.357. The molecule has 1 aromatic carbocycles. The topological polar surface area (TPSA) is 47.6 Å². The largest absolute Gasteiger partial charge is 0.492 e. The molecule has 1 heterocycles. The van der Waals surface area contributed by atoms with Gasteiger partial charge in [-0.15, -0.1) is 0 Å². The van der Waals surface area contributed by atoms with E-state index in [4.69, 9.17) is 10.5 Å². The number of anilines is 1. The molecule has 0 saturated carbocycles. The molecule has 0 radical (unpaired) electrons. The summed E-state index contributed by atoms with van der Waals surface area (Å²) < 4.78 is 5.74. The van der Waals surface area contributed by atoms with Gasteiger partial charge in [-0.1, -0.05) is 15.9 Å². The van der Waals surface area contributed by atoms with Crippen LogP contribution >= 0.6 is 15.9 Å². The molecule has 1 aliphatic heterocycles. The van der Waals surface area contributed by atoms with Crippen molar-refractivity contribution in [1.82, 2.24) is 0 Å². The van der Waals surface area contributed by atoms with Crippen molar-refractivity contribution in [3.63, 3.8) is 0 Å². The predicted molar refractivity (Wildman–Crippen MR) is 80.7 cm³/mol. The first-order chi connectivity index (χ1) is 8.70. The van der Waals surface area contributed by atoms with Gasteiger partial charge < -0.3 is 10.5 Å². The van der Waals surface area contributed by atoms with Gasteiger partial charge in [0, 0.05) is 22.8 Å². The third-order valence-electron chi connectivity index (χ3n) is 2.82. The third kappa shape index (κ3) is 3.13. The number of hydrogen-bond donors (Lipinski definition) is 1. The average molecular weight is 309 g/mol. The number of dihydropyridines is 1. The van der Waals surface area contributed by atoms with Crippen molar-refractivity contribution in [1.29, 1.82) is 0 Å². The summed E-state index contributed by atoms with van der Waals surface area (Å²) in [6.07, 6.45) is 4.82. The second-order valence-corrected chi connectivity index (χ2v) is 5.13. The molecule has 0 bridgehead atoms. The zero-order valence-corrected chi connectivity index (χ0v) is 12.0. The van der Waals surface area contributed by atoms with Gasteiger partial charge in [0.15, 0.2) is 0 Å². The number of rotatable bonds is 4. The van der Waals surface area contributed by atoms with E-state index < -0.39 is 0 Å². The van der Waals surface area contributed by atoms with Gasteiger partial charge in [-0.05, 0) is 43.2 Å². The van der Waals surface area contributed by atoms with Crippen LogP contribution in [0, 0.1) is 0 Å². The van der Waals surface area contributed by atoms with E-state index in [9.17, 15) is 0 Å². The van der Waals surface area contributed by atoms with E-state index in [-0.39, 0.29) is 0 Å². The summed E-state index contributed by atoms with van der Waals surface area (Å²) in [6, 6.07) is 6.09. The van der Waals surface area contributed by atoms with E-state index in [0.717, 1.165) is 28.8 Å². The summed E-state index contributed by atoms with van der Waals surface area (Å²) in [4.78, 5) is 4.34. The Labute approximate surface area is 116 Å². The second kappa shape index (κ2) is 6.05. The number of alkyl halides is 1. The molecule has 0 amide bonds. The normalized spacial score (nSPS) is 18.6. The molecule has 1 aromatic rings. The standard InChI is InChI=1S/C14H17BrN2O/c1-10-8-11(4-6-17-10)13-9-12(16)2-3-14(13)18-7-5-15/h2-4,6,9-10H,5,7-8,16H2,1H3. The van der Waals surface area contributed by atoms with Gasteiger partial charge in [0.05, 0.1) is 12.6 Å². The number of aliphatic imine (C=N–C) groups is 1. The maximum Gasteiger partial charge on any atom is 0.126 e. The number of ether oxygens (including phenoxy) is 1. The summed E-state index contributed by atoms with van der Waals surface area (Å²) >= 11 is 3.37. The summed E-state index contributed by atoms with van der Waals surface area (Å²) in [5, 5.41) is 0.813. The Bertz CT molecular complexity index is 483. The molecule has 2 N–H and O–H groups in total. The fourth-order valence-corrected chi connectivity index (χ4v) is 2.15. The highest BCUT2D eigenvalue weighted by atomic mass is 79.9. The molecule has 18 heavy (non-hydrogen) atoms. The van der Waals surface area contributed by atoms with Crippen LogP contribution < -0.4 is 10.5 Å². The molecule has 0 aromatic heterocycles. The maximum atomic E-state index is 5.87. The van der Waals surface area contributed by atoms with E-state index in [1.165, 1.54) is 5.57 Å². The molecule has 1 unspecified atom stereocenters. The highest BCUT2D eigenvalue weighted by molar-refractivity contribution is 9.09. The lowest BCUT2D eigenvalue weighted by atomic mass is 9.96. The Balaban J connectivity index is 2.32. The number of nitrogen functional groups attached to an aromatic ring is 1. The first-order valence-electron chi connectivity index (χ1n) is 6.01. The van der Waals surface area contributed by atoms with E-state index in [0.29, 0.717) is 12.6 Å². The summed E-state index contributed by atoms with van der Waals surface area (Å²) in [5.74, 6) is 0.886. The molecule has 0 spiro atoms. The zero-order chi connectivity index (χ0) is 13.0. The minimum Gasteiger partial charge on any atom is -0.492 e. The van der Waals surface area contributed by atoms with Crippen molar-refractivity contribution in [3.8, 4) is 5.75 Å². The number of nitrogens with two attached hydrogens (primary N) is 1. The first kappa shape index (κ1) is 13.1. The number of nitrogens with zero attached hydrogens (tertiary/aromatic N) is 1. The molecule has 1 aliphatic rings. The first-order valence-corrected chi connectivity index (χ1v) is 7.14. The van der Waals surface area contributed by atoms with Gasteiger partial charge in [-0.25, -0.2) is 0 Å². The van der Waals surface area contributed by atoms with Crippen LogP contribution in [0.15, 0.2) is 29.3 Å². The fourth-order valence-electron chi connectivity index (χ4n) is 1.99. The van der Waals surface area contributed by atoms with Crippen molar-refractivity contribution in [2.75, 3.05) is 17.7 Å². The summed E-state index contributed by atoms with van der Waals surface area (Å²) in [7, 11) is 0. The highest BCUT2D eigenvalue weighted by Gasteiger charge is 2.14. The molecule has 4 heteroatoms. The minimum atomic E-state index is 0.315. The third-order valence-corrected chi connectivity index (χ3v) is 3.14. The lowest BCUT2D eigenvalue weighted by molar-refractivity contribution is 0.344. The molecule has 0 aliphatic carbocycles. The van der Waals surface area contributed by atoms with Gasteiger partial charge in [-0.2, -0.15) is 0 Å². The van der Waals surface area contributed by atoms with Gasteiger partial charge >= 0.3 is 0 Å². The van der Waals surface area contributed by atoms with Crippen LogP contribution in [0.5, 0.6) is 5.75 Å². The van der Waals surface area contributed by atoms with E-state index in [1.54, 1.807) is 0 Å². The lowest BCUT2D eigenvalue weighted by Gasteiger charge is -2.18. The maximum absolute atomic E-state index is 5.87. The van der Waals surface area contributed by atoms with Gasteiger partial charge in [-0.3, -0.25) is 4.99 Å². The van der Waals surface area contributed by atoms with Crippen LogP contribution in [0.3, 0.4) is 0 Å². The number of allylic oxidation sites excluding steroid dienone is 1.